The van der Waals surface area contributed by atoms with Gasteiger partial charge in [-0.2, -0.15) is 0 Å². The Bertz CT molecular complexity index is 513. The Morgan fingerprint density at radius 3 is 2.64 bits per heavy atom. The van der Waals surface area contributed by atoms with E-state index < -0.39 is 0 Å². The van der Waals surface area contributed by atoms with E-state index in [0.29, 0.717) is 19.2 Å². The molecule has 6 nitrogen and oxygen atoms in total. The van der Waals surface area contributed by atoms with Crippen LogP contribution in [0.25, 0.3) is 0 Å². The van der Waals surface area contributed by atoms with Gasteiger partial charge in [-0.25, -0.2) is 0 Å². The van der Waals surface area contributed by atoms with Crippen LogP contribution < -0.4 is 15.4 Å². The fourth-order valence-electron chi connectivity index (χ4n) is 2.67. The molecule has 140 valence electrons. The Balaban J connectivity index is 1.72. The first kappa shape index (κ1) is 19.5. The Morgan fingerprint density at radius 1 is 1.24 bits per heavy atom. The molecule has 1 fully saturated rings. The molecule has 6 heteroatoms. The van der Waals surface area contributed by atoms with Gasteiger partial charge in [0.25, 0.3) is 0 Å². The first-order chi connectivity index (χ1) is 12.2. The smallest absolute Gasteiger partial charge is 0.191 e. The summed E-state index contributed by atoms with van der Waals surface area (Å²) in [6.45, 7) is 12.9. The summed E-state index contributed by atoms with van der Waals surface area (Å²) < 4.78 is 11.1. The van der Waals surface area contributed by atoms with Crippen molar-refractivity contribution in [2.45, 2.75) is 26.8 Å². The first-order valence-corrected chi connectivity index (χ1v) is 9.22. The van der Waals surface area contributed by atoms with Crippen molar-refractivity contribution in [3.63, 3.8) is 0 Å². The SMILES string of the molecule is CCNC(=NCC(C)N1CCOCC1)NCCOc1ccc(C)cc1. The molecule has 1 aromatic rings. The molecule has 1 aliphatic rings. The van der Waals surface area contributed by atoms with Crippen LogP contribution in [-0.4, -0.2) is 69.4 Å². The lowest BCUT2D eigenvalue weighted by molar-refractivity contribution is 0.0220. The van der Waals surface area contributed by atoms with Crippen molar-refractivity contribution in [2.24, 2.45) is 4.99 Å². The van der Waals surface area contributed by atoms with E-state index in [1.807, 2.05) is 12.1 Å². The Labute approximate surface area is 151 Å². The van der Waals surface area contributed by atoms with Gasteiger partial charge in [0.15, 0.2) is 5.96 Å². The van der Waals surface area contributed by atoms with E-state index in [2.05, 4.69) is 48.4 Å². The highest BCUT2D eigenvalue weighted by Crippen LogP contribution is 2.10. The molecule has 1 atom stereocenters. The van der Waals surface area contributed by atoms with Crippen LogP contribution in [0.5, 0.6) is 5.75 Å². The lowest BCUT2D eigenvalue weighted by atomic mass is 10.2. The molecular weight excluding hydrogens is 316 g/mol. The Kier molecular flexibility index (Phi) is 8.55. The van der Waals surface area contributed by atoms with E-state index in [-0.39, 0.29) is 0 Å². The van der Waals surface area contributed by atoms with E-state index >= 15 is 0 Å². The second kappa shape index (κ2) is 10.9. The van der Waals surface area contributed by atoms with E-state index in [9.17, 15) is 0 Å². The number of rotatable bonds is 8. The number of morpholine rings is 1. The number of aliphatic imine (C=N–C) groups is 1. The van der Waals surface area contributed by atoms with Crippen LogP contribution in [0.3, 0.4) is 0 Å². The van der Waals surface area contributed by atoms with Gasteiger partial charge in [-0.15, -0.1) is 0 Å². The van der Waals surface area contributed by atoms with Crippen molar-refractivity contribution in [3.8, 4) is 5.75 Å². The molecule has 25 heavy (non-hydrogen) atoms. The normalized spacial score (nSPS) is 17.2. The summed E-state index contributed by atoms with van der Waals surface area (Å²) in [5, 5.41) is 6.62. The van der Waals surface area contributed by atoms with Gasteiger partial charge in [0, 0.05) is 25.7 Å². The zero-order chi connectivity index (χ0) is 17.9. The van der Waals surface area contributed by atoms with Crippen molar-refractivity contribution >= 4 is 5.96 Å². The molecule has 1 aromatic carbocycles. The third-order valence-corrected chi connectivity index (χ3v) is 4.21. The molecule has 0 bridgehead atoms. The third-order valence-electron chi connectivity index (χ3n) is 4.21. The predicted molar refractivity (Wildman–Crippen MR) is 103 cm³/mol. The van der Waals surface area contributed by atoms with Crippen LogP contribution >= 0.6 is 0 Å². The third kappa shape index (κ3) is 7.32. The minimum atomic E-state index is 0.420. The van der Waals surface area contributed by atoms with Crippen LogP contribution in [0.15, 0.2) is 29.3 Å². The monoisotopic (exact) mass is 348 g/mol. The van der Waals surface area contributed by atoms with E-state index in [1.54, 1.807) is 0 Å². The van der Waals surface area contributed by atoms with Crippen LogP contribution in [0.4, 0.5) is 0 Å². The van der Waals surface area contributed by atoms with Gasteiger partial charge in [-0.1, -0.05) is 17.7 Å². The Morgan fingerprint density at radius 2 is 1.96 bits per heavy atom. The number of guanidine groups is 1. The lowest BCUT2D eigenvalue weighted by Gasteiger charge is -2.31. The summed E-state index contributed by atoms with van der Waals surface area (Å²) >= 11 is 0. The number of ether oxygens (including phenoxy) is 2. The van der Waals surface area contributed by atoms with Gasteiger partial charge in [0.05, 0.1) is 26.3 Å². The van der Waals surface area contributed by atoms with Gasteiger partial charge in [0.1, 0.15) is 12.4 Å². The number of benzene rings is 1. The van der Waals surface area contributed by atoms with Crippen molar-refractivity contribution in [3.05, 3.63) is 29.8 Å². The van der Waals surface area contributed by atoms with Crippen LogP contribution in [0.2, 0.25) is 0 Å². The molecule has 1 heterocycles. The number of nitrogens with one attached hydrogen (secondary N) is 2. The zero-order valence-electron chi connectivity index (χ0n) is 15.8. The van der Waals surface area contributed by atoms with Crippen LogP contribution in [0.1, 0.15) is 19.4 Å². The number of hydrogen-bond acceptors (Lipinski definition) is 4. The summed E-state index contributed by atoms with van der Waals surface area (Å²) in [5.41, 5.74) is 1.24. The molecule has 0 spiro atoms. The topological polar surface area (TPSA) is 58.1 Å². The zero-order valence-corrected chi connectivity index (χ0v) is 15.8. The molecular formula is C19H32N4O2. The molecule has 0 aromatic heterocycles. The maximum atomic E-state index is 5.74. The fourth-order valence-corrected chi connectivity index (χ4v) is 2.67. The van der Waals surface area contributed by atoms with Gasteiger partial charge in [0.2, 0.25) is 0 Å². The highest BCUT2D eigenvalue weighted by Gasteiger charge is 2.16. The molecule has 0 radical (unpaired) electrons. The van der Waals surface area contributed by atoms with Crippen LogP contribution in [-0.2, 0) is 4.74 Å². The number of aryl methyl sites for hydroxylation is 1. The summed E-state index contributed by atoms with van der Waals surface area (Å²) in [6, 6.07) is 8.53. The molecule has 2 N–H and O–H groups in total. The average Bonchev–Trinajstić information content (AvgIpc) is 2.65. The van der Waals surface area contributed by atoms with Gasteiger partial charge in [-0.05, 0) is 32.9 Å². The summed E-state index contributed by atoms with van der Waals surface area (Å²) in [5.74, 6) is 1.74. The molecule has 1 aliphatic heterocycles. The summed E-state index contributed by atoms with van der Waals surface area (Å²) in [6.07, 6.45) is 0. The van der Waals surface area contributed by atoms with Crippen molar-refractivity contribution in [1.82, 2.24) is 15.5 Å². The summed E-state index contributed by atoms with van der Waals surface area (Å²) in [7, 11) is 0. The highest BCUT2D eigenvalue weighted by atomic mass is 16.5. The largest absolute Gasteiger partial charge is 0.492 e. The molecule has 1 saturated heterocycles. The molecule has 0 saturated carbocycles. The lowest BCUT2D eigenvalue weighted by Crippen LogP contribution is -2.44. The molecule has 0 amide bonds. The number of hydrogen-bond donors (Lipinski definition) is 2. The number of nitrogens with zero attached hydrogens (tertiary/aromatic N) is 2. The van der Waals surface area contributed by atoms with E-state index in [1.165, 1.54) is 5.56 Å². The van der Waals surface area contributed by atoms with E-state index in [0.717, 1.165) is 51.1 Å². The van der Waals surface area contributed by atoms with Crippen LogP contribution in [0, 0.1) is 6.92 Å². The highest BCUT2D eigenvalue weighted by molar-refractivity contribution is 5.79. The summed E-state index contributed by atoms with van der Waals surface area (Å²) in [4.78, 5) is 7.13. The average molecular weight is 348 g/mol. The molecule has 2 rings (SSSR count). The van der Waals surface area contributed by atoms with Gasteiger partial charge >= 0.3 is 0 Å². The fraction of sp³-hybridized carbons (Fsp3) is 0.632. The second-order valence-corrected chi connectivity index (χ2v) is 6.31. The maximum absolute atomic E-state index is 5.74. The minimum absolute atomic E-state index is 0.420. The molecule has 0 aliphatic carbocycles. The van der Waals surface area contributed by atoms with Gasteiger partial charge in [-0.3, -0.25) is 9.89 Å². The first-order valence-electron chi connectivity index (χ1n) is 9.22. The maximum Gasteiger partial charge on any atom is 0.191 e. The van der Waals surface area contributed by atoms with E-state index in [4.69, 9.17) is 14.5 Å². The quantitative estimate of drug-likeness (QED) is 0.425. The second-order valence-electron chi connectivity index (χ2n) is 6.31. The van der Waals surface area contributed by atoms with Crippen molar-refractivity contribution in [1.29, 1.82) is 0 Å². The minimum Gasteiger partial charge on any atom is -0.492 e. The predicted octanol–water partition coefficient (Wildman–Crippen LogP) is 1.65. The van der Waals surface area contributed by atoms with Gasteiger partial charge < -0.3 is 20.1 Å². The van der Waals surface area contributed by atoms with Crippen molar-refractivity contribution < 1.29 is 9.47 Å². The van der Waals surface area contributed by atoms with Crippen molar-refractivity contribution in [2.75, 3.05) is 52.5 Å². The molecule has 1 unspecified atom stereocenters. The Hall–Kier alpha value is -1.79. The standard InChI is InChI=1S/C19H32N4O2/c1-4-20-19(22-15-17(3)23-10-13-24-14-11-23)21-9-12-25-18-7-5-16(2)6-8-18/h5-8,17H,4,9-15H2,1-3H3,(H2,20,21,22).